The van der Waals surface area contributed by atoms with Crippen molar-refractivity contribution in [2.45, 2.75) is 85.7 Å². The molecule has 4 rings (SSSR count). The topological polar surface area (TPSA) is 122 Å². The minimum absolute atomic E-state index is 0.0486. The molecule has 0 spiro atoms. The van der Waals surface area contributed by atoms with E-state index in [0.717, 1.165) is 41.2 Å². The molecule has 1 fully saturated rings. The van der Waals surface area contributed by atoms with E-state index in [0.29, 0.717) is 23.1 Å². The third kappa shape index (κ3) is 12.5. The quantitative estimate of drug-likeness (QED) is 0.165. The van der Waals surface area contributed by atoms with E-state index >= 15 is 0 Å². The fourth-order valence-corrected chi connectivity index (χ4v) is 6.42. The molecule has 2 amide bonds. The molecular weight excluding hydrogens is 637 g/mol. The molecule has 3 aromatic rings. The Bertz CT molecular complexity index is 1680. The molecular formula is C40H52N2O6S. The van der Waals surface area contributed by atoms with Gasteiger partial charge in [0, 0.05) is 17.8 Å². The van der Waals surface area contributed by atoms with E-state index < -0.39 is 27.7 Å². The first kappa shape index (κ1) is 37.9. The van der Waals surface area contributed by atoms with Gasteiger partial charge in [-0.15, -0.1) is 0 Å². The number of anilines is 1. The molecule has 0 bridgehead atoms. The van der Waals surface area contributed by atoms with Gasteiger partial charge >= 0.3 is 0 Å². The minimum Gasteiger partial charge on any atom is -0.490 e. The Morgan fingerprint density at radius 3 is 2.04 bits per heavy atom. The molecule has 8 nitrogen and oxygen atoms in total. The Labute approximate surface area is 292 Å². The van der Waals surface area contributed by atoms with Gasteiger partial charge in [0.15, 0.2) is 0 Å². The maximum Gasteiger partial charge on any atom is 0.266 e. The number of amides is 2. The Kier molecular flexibility index (Phi) is 12.5. The van der Waals surface area contributed by atoms with Crippen molar-refractivity contribution >= 4 is 33.7 Å². The summed E-state index contributed by atoms with van der Waals surface area (Å²) in [7, 11) is -4.17. The van der Waals surface area contributed by atoms with Crippen LogP contribution in [0.3, 0.4) is 0 Å². The van der Waals surface area contributed by atoms with Gasteiger partial charge < -0.3 is 15.4 Å². The average Bonchev–Trinajstić information content (AvgIpc) is 3.03. The van der Waals surface area contributed by atoms with Crippen molar-refractivity contribution in [1.82, 2.24) is 5.32 Å². The van der Waals surface area contributed by atoms with E-state index in [2.05, 4.69) is 64.3 Å². The van der Waals surface area contributed by atoms with E-state index in [9.17, 15) is 18.0 Å². The van der Waals surface area contributed by atoms with Gasteiger partial charge in [0.2, 0.25) is 5.91 Å². The van der Waals surface area contributed by atoms with Crippen LogP contribution < -0.4 is 15.4 Å². The van der Waals surface area contributed by atoms with Gasteiger partial charge in [-0.05, 0) is 102 Å². The van der Waals surface area contributed by atoms with Gasteiger partial charge in [0.25, 0.3) is 16.0 Å². The van der Waals surface area contributed by atoms with Crippen LogP contribution in [-0.4, -0.2) is 43.2 Å². The van der Waals surface area contributed by atoms with Crippen LogP contribution >= 0.6 is 0 Å². The Morgan fingerprint density at radius 2 is 1.49 bits per heavy atom. The molecule has 49 heavy (non-hydrogen) atoms. The van der Waals surface area contributed by atoms with Crippen molar-refractivity contribution in [2.24, 2.45) is 16.7 Å². The largest absolute Gasteiger partial charge is 0.490 e. The zero-order valence-corrected chi connectivity index (χ0v) is 30.5. The lowest BCUT2D eigenvalue weighted by Crippen LogP contribution is -2.30. The maximum atomic E-state index is 13.9. The standard InChI is InChI=1S/C40H52N2O6S/c1-39(2,3)24-23-28-7-11-30(12-8-28)36(27-29-9-13-31(14-10-29)37(43)41-25-26-49(45,46)47)38(44)42-33-17-21-35(22-18-33)48-34-19-15-32(16-20-34)40(4,5)6/h7-14,17-18,21-24,32,34,36H,15-16,19-20,25-27H2,1-6H3,(H,41,43)(H,42,44)(H,45,46,47)/b24-23+/t32-,34+,36?. The predicted octanol–water partition coefficient (Wildman–Crippen LogP) is 8.31. The summed E-state index contributed by atoms with van der Waals surface area (Å²) < 4.78 is 37.1. The van der Waals surface area contributed by atoms with Gasteiger partial charge in [0.05, 0.1) is 17.8 Å². The first-order valence-electron chi connectivity index (χ1n) is 17.1. The fraction of sp³-hybridized carbons (Fsp3) is 0.450. The van der Waals surface area contributed by atoms with E-state index in [4.69, 9.17) is 9.29 Å². The maximum absolute atomic E-state index is 13.9. The number of hydrogen-bond donors (Lipinski definition) is 3. The van der Waals surface area contributed by atoms with Crippen LogP contribution in [0.1, 0.15) is 100 Å². The molecule has 1 atom stereocenters. The molecule has 3 N–H and O–H groups in total. The number of allylic oxidation sites excluding steroid dienone is 1. The van der Waals surface area contributed by atoms with E-state index in [1.165, 1.54) is 12.8 Å². The Balaban J connectivity index is 1.45. The number of hydrogen-bond acceptors (Lipinski definition) is 5. The van der Waals surface area contributed by atoms with E-state index in [-0.39, 0.29) is 24.0 Å². The second-order valence-electron chi connectivity index (χ2n) is 15.3. The lowest BCUT2D eigenvalue weighted by Gasteiger charge is -2.36. The highest BCUT2D eigenvalue weighted by atomic mass is 32.2. The molecule has 0 saturated heterocycles. The zero-order valence-electron chi connectivity index (χ0n) is 29.7. The van der Waals surface area contributed by atoms with Crippen LogP contribution in [0.2, 0.25) is 0 Å². The number of rotatable bonds is 12. The van der Waals surface area contributed by atoms with Crippen LogP contribution in [0.25, 0.3) is 6.08 Å². The van der Waals surface area contributed by atoms with Crippen LogP contribution in [-0.2, 0) is 21.3 Å². The second-order valence-corrected chi connectivity index (χ2v) is 16.9. The summed E-state index contributed by atoms with van der Waals surface area (Å²) in [6, 6.07) is 22.4. The molecule has 1 aliphatic carbocycles. The van der Waals surface area contributed by atoms with Crippen molar-refractivity contribution in [3.05, 3.63) is 101 Å². The van der Waals surface area contributed by atoms with Crippen LogP contribution in [0.5, 0.6) is 5.75 Å². The summed E-state index contributed by atoms with van der Waals surface area (Å²) in [4.78, 5) is 26.3. The second kappa shape index (κ2) is 16.2. The highest BCUT2D eigenvalue weighted by molar-refractivity contribution is 7.85. The normalized spacial score (nSPS) is 17.8. The van der Waals surface area contributed by atoms with Crippen molar-refractivity contribution in [2.75, 3.05) is 17.6 Å². The molecule has 3 aromatic carbocycles. The van der Waals surface area contributed by atoms with Crippen molar-refractivity contribution in [3.63, 3.8) is 0 Å². The summed E-state index contributed by atoms with van der Waals surface area (Å²) in [6.45, 7) is 13.2. The van der Waals surface area contributed by atoms with Crippen LogP contribution in [0.15, 0.2) is 78.9 Å². The van der Waals surface area contributed by atoms with Crippen molar-refractivity contribution < 1.29 is 27.3 Å². The zero-order chi connectivity index (χ0) is 35.8. The summed E-state index contributed by atoms with van der Waals surface area (Å²) in [5.41, 5.74) is 4.17. The molecule has 1 saturated carbocycles. The van der Waals surface area contributed by atoms with Crippen LogP contribution in [0.4, 0.5) is 5.69 Å². The molecule has 0 aromatic heterocycles. The molecule has 0 heterocycles. The average molecular weight is 689 g/mol. The highest BCUT2D eigenvalue weighted by Crippen LogP contribution is 2.39. The summed E-state index contributed by atoms with van der Waals surface area (Å²) in [5, 5.41) is 5.59. The third-order valence-electron chi connectivity index (χ3n) is 9.06. The molecule has 1 aliphatic rings. The monoisotopic (exact) mass is 688 g/mol. The van der Waals surface area contributed by atoms with Crippen molar-refractivity contribution in [1.29, 1.82) is 0 Å². The number of ether oxygens (including phenoxy) is 1. The molecule has 9 heteroatoms. The Hall–Kier alpha value is -3.95. The number of benzene rings is 3. The summed E-state index contributed by atoms with van der Waals surface area (Å²) in [5.74, 6) is -0.157. The number of carbonyl (C=O) groups is 2. The predicted molar refractivity (Wildman–Crippen MR) is 197 cm³/mol. The lowest BCUT2D eigenvalue weighted by molar-refractivity contribution is -0.117. The molecule has 1 unspecified atom stereocenters. The summed E-state index contributed by atoms with van der Waals surface area (Å²) in [6.07, 6.45) is 9.27. The smallest absolute Gasteiger partial charge is 0.266 e. The molecule has 0 radical (unpaired) electrons. The van der Waals surface area contributed by atoms with Crippen LogP contribution in [0, 0.1) is 16.7 Å². The van der Waals surface area contributed by atoms with Gasteiger partial charge in [-0.1, -0.05) is 90.1 Å². The number of carbonyl (C=O) groups excluding carboxylic acids is 2. The highest BCUT2D eigenvalue weighted by Gasteiger charge is 2.30. The van der Waals surface area contributed by atoms with Gasteiger partial charge in [0.1, 0.15) is 5.75 Å². The van der Waals surface area contributed by atoms with Crippen molar-refractivity contribution in [3.8, 4) is 5.75 Å². The van der Waals surface area contributed by atoms with Gasteiger partial charge in [-0.3, -0.25) is 14.1 Å². The summed E-state index contributed by atoms with van der Waals surface area (Å²) >= 11 is 0. The molecule has 0 aliphatic heterocycles. The van der Waals surface area contributed by atoms with Gasteiger partial charge in [-0.2, -0.15) is 8.42 Å². The fourth-order valence-electron chi connectivity index (χ4n) is 6.06. The van der Waals surface area contributed by atoms with E-state index in [1.807, 2.05) is 48.5 Å². The molecule has 264 valence electrons. The SMILES string of the molecule is CC(C)(C)/C=C/c1ccc(C(Cc2ccc(C(=O)NCCS(=O)(=O)O)cc2)C(=O)Nc2ccc(O[C@H]3CC[C@@H](C(C)(C)C)CC3)cc2)cc1. The van der Waals surface area contributed by atoms with E-state index in [1.54, 1.807) is 24.3 Å². The van der Waals surface area contributed by atoms with Gasteiger partial charge in [-0.25, -0.2) is 0 Å². The number of nitrogens with one attached hydrogen (secondary N) is 2. The first-order valence-corrected chi connectivity index (χ1v) is 18.8. The third-order valence-corrected chi connectivity index (χ3v) is 9.78. The lowest BCUT2D eigenvalue weighted by atomic mass is 9.72. The minimum atomic E-state index is -4.17. The first-order chi connectivity index (χ1) is 22.9. The Morgan fingerprint density at radius 1 is 0.878 bits per heavy atom.